The van der Waals surface area contributed by atoms with Gasteiger partial charge in [-0.3, -0.25) is 9.59 Å². The molecule has 3 aromatic rings. The van der Waals surface area contributed by atoms with Crippen LogP contribution in [-0.2, 0) is 28.3 Å². The predicted molar refractivity (Wildman–Crippen MR) is 128 cm³/mol. The summed E-state index contributed by atoms with van der Waals surface area (Å²) in [4.78, 5) is 27.6. The number of rotatable bonds is 10. The Hall–Kier alpha value is -3.12. The van der Waals surface area contributed by atoms with Crippen molar-refractivity contribution >= 4 is 23.6 Å². The number of carbonyl (C=O) groups is 2. The number of thioether (sulfide) groups is 1. The van der Waals surface area contributed by atoms with E-state index < -0.39 is 11.9 Å². The number of hydrogen-bond donors (Lipinski definition) is 1. The van der Waals surface area contributed by atoms with Gasteiger partial charge in [0.05, 0.1) is 5.75 Å². The molecule has 0 radical (unpaired) electrons. The molecule has 32 heavy (non-hydrogen) atoms. The zero-order chi connectivity index (χ0) is 22.8. The maximum atomic E-state index is 14.4. The van der Waals surface area contributed by atoms with E-state index in [1.54, 1.807) is 25.2 Å². The van der Waals surface area contributed by atoms with Gasteiger partial charge in [-0.25, -0.2) is 4.39 Å². The number of amides is 2. The van der Waals surface area contributed by atoms with Crippen molar-refractivity contribution in [1.82, 2.24) is 10.2 Å². The molecule has 0 saturated carbocycles. The predicted octanol–water partition coefficient (Wildman–Crippen LogP) is 4.45. The highest BCUT2D eigenvalue weighted by Gasteiger charge is 2.30. The van der Waals surface area contributed by atoms with Gasteiger partial charge in [0, 0.05) is 31.3 Å². The molecular weight excluding hydrogens is 423 g/mol. The molecule has 0 bridgehead atoms. The summed E-state index contributed by atoms with van der Waals surface area (Å²) >= 11 is 1.48. The smallest absolute Gasteiger partial charge is 0.242 e. The minimum atomic E-state index is -0.744. The van der Waals surface area contributed by atoms with E-state index in [0.717, 1.165) is 11.1 Å². The van der Waals surface area contributed by atoms with Crippen molar-refractivity contribution in [2.45, 2.75) is 24.8 Å². The van der Waals surface area contributed by atoms with Crippen LogP contribution in [0, 0.1) is 5.82 Å². The highest BCUT2D eigenvalue weighted by atomic mass is 32.2. The molecule has 0 unspecified atom stereocenters. The standard InChI is InChI=1S/C26H27FN2O2S/c1-28-26(31)24(16-20-10-4-2-5-11-20)29(17-22-14-8-9-15-23(22)27)25(30)19-32-18-21-12-6-3-7-13-21/h2-15,24H,16-19H2,1H3,(H,28,31)/t24-/m1/s1. The molecule has 0 fully saturated rings. The van der Waals surface area contributed by atoms with Crippen LogP contribution >= 0.6 is 11.8 Å². The van der Waals surface area contributed by atoms with Crippen molar-refractivity contribution in [2.24, 2.45) is 0 Å². The third kappa shape index (κ3) is 6.69. The monoisotopic (exact) mass is 450 g/mol. The second-order valence-electron chi connectivity index (χ2n) is 7.41. The number of hydrogen-bond acceptors (Lipinski definition) is 3. The maximum absolute atomic E-state index is 14.4. The second-order valence-corrected chi connectivity index (χ2v) is 8.40. The first-order chi connectivity index (χ1) is 15.6. The van der Waals surface area contributed by atoms with E-state index in [-0.39, 0.29) is 24.1 Å². The van der Waals surface area contributed by atoms with Crippen LogP contribution in [0.4, 0.5) is 4.39 Å². The summed E-state index contributed by atoms with van der Waals surface area (Å²) in [5, 5.41) is 2.67. The average molecular weight is 451 g/mol. The average Bonchev–Trinajstić information content (AvgIpc) is 2.83. The summed E-state index contributed by atoms with van der Waals surface area (Å²) in [6.07, 6.45) is 0.351. The molecule has 0 saturated heterocycles. The molecule has 3 rings (SSSR count). The van der Waals surface area contributed by atoms with Gasteiger partial charge in [-0.05, 0) is 17.2 Å². The second kappa shape index (κ2) is 12.1. The maximum Gasteiger partial charge on any atom is 0.242 e. The molecule has 4 nitrogen and oxygen atoms in total. The fourth-order valence-electron chi connectivity index (χ4n) is 3.44. The topological polar surface area (TPSA) is 49.4 Å². The Bertz CT molecular complexity index is 1010. The van der Waals surface area contributed by atoms with Crippen molar-refractivity contribution < 1.29 is 14.0 Å². The van der Waals surface area contributed by atoms with Gasteiger partial charge in [0.1, 0.15) is 11.9 Å². The van der Waals surface area contributed by atoms with Crippen LogP contribution in [0.25, 0.3) is 0 Å². The van der Waals surface area contributed by atoms with Gasteiger partial charge in [0.25, 0.3) is 0 Å². The summed E-state index contributed by atoms with van der Waals surface area (Å²) in [6, 6.07) is 25.1. The Morgan fingerprint density at radius 1 is 0.906 bits per heavy atom. The molecule has 1 N–H and O–H groups in total. The van der Waals surface area contributed by atoms with Gasteiger partial charge in [0.2, 0.25) is 11.8 Å². The van der Waals surface area contributed by atoms with Gasteiger partial charge < -0.3 is 10.2 Å². The molecule has 166 valence electrons. The van der Waals surface area contributed by atoms with Gasteiger partial charge in [-0.1, -0.05) is 78.9 Å². The Morgan fingerprint density at radius 3 is 2.12 bits per heavy atom. The van der Waals surface area contributed by atoms with Crippen molar-refractivity contribution in [1.29, 1.82) is 0 Å². The van der Waals surface area contributed by atoms with E-state index in [2.05, 4.69) is 5.32 Å². The molecule has 6 heteroatoms. The molecular formula is C26H27FN2O2S. The molecule has 0 aliphatic carbocycles. The van der Waals surface area contributed by atoms with Crippen molar-refractivity contribution in [3.63, 3.8) is 0 Å². The zero-order valence-corrected chi connectivity index (χ0v) is 18.9. The molecule has 1 atom stereocenters. The van der Waals surface area contributed by atoms with E-state index in [4.69, 9.17) is 0 Å². The number of nitrogens with one attached hydrogen (secondary N) is 1. The Kier molecular flexibility index (Phi) is 8.87. The minimum Gasteiger partial charge on any atom is -0.357 e. The normalized spacial score (nSPS) is 11.6. The molecule has 0 heterocycles. The first-order valence-electron chi connectivity index (χ1n) is 10.5. The molecule has 0 aliphatic rings. The number of likely N-dealkylation sites (N-methyl/N-ethyl adjacent to an activating group) is 1. The lowest BCUT2D eigenvalue weighted by Gasteiger charge is -2.31. The van der Waals surface area contributed by atoms with Crippen LogP contribution in [-0.4, -0.2) is 35.6 Å². The Morgan fingerprint density at radius 2 is 1.50 bits per heavy atom. The van der Waals surface area contributed by atoms with E-state index in [9.17, 15) is 14.0 Å². The fourth-order valence-corrected chi connectivity index (χ4v) is 4.31. The quantitative estimate of drug-likeness (QED) is 0.497. The van der Waals surface area contributed by atoms with E-state index in [0.29, 0.717) is 17.7 Å². The zero-order valence-electron chi connectivity index (χ0n) is 18.0. The van der Waals surface area contributed by atoms with Crippen molar-refractivity contribution in [3.05, 3.63) is 107 Å². The van der Waals surface area contributed by atoms with Gasteiger partial charge >= 0.3 is 0 Å². The largest absolute Gasteiger partial charge is 0.357 e. The lowest BCUT2D eigenvalue weighted by Crippen LogP contribution is -2.50. The summed E-state index contributed by atoms with van der Waals surface area (Å²) in [7, 11) is 1.55. The van der Waals surface area contributed by atoms with Crippen LogP contribution in [0.3, 0.4) is 0 Å². The highest BCUT2D eigenvalue weighted by Crippen LogP contribution is 2.19. The Labute approximate surface area is 192 Å². The summed E-state index contributed by atoms with van der Waals surface area (Å²) in [5.74, 6) is 0.0256. The van der Waals surface area contributed by atoms with Gasteiger partial charge in [-0.2, -0.15) is 0 Å². The van der Waals surface area contributed by atoms with Crippen LogP contribution in [0.1, 0.15) is 16.7 Å². The number of halogens is 1. The SMILES string of the molecule is CNC(=O)[C@@H](Cc1ccccc1)N(Cc1ccccc1F)C(=O)CSCc1ccccc1. The van der Waals surface area contributed by atoms with Crippen molar-refractivity contribution in [2.75, 3.05) is 12.8 Å². The number of carbonyl (C=O) groups excluding carboxylic acids is 2. The lowest BCUT2D eigenvalue weighted by atomic mass is 10.0. The summed E-state index contributed by atoms with van der Waals surface area (Å²) < 4.78 is 14.4. The fraction of sp³-hybridized carbons (Fsp3) is 0.231. The third-order valence-corrected chi connectivity index (χ3v) is 6.14. The van der Waals surface area contributed by atoms with E-state index >= 15 is 0 Å². The first-order valence-corrected chi connectivity index (χ1v) is 11.6. The molecule has 3 aromatic carbocycles. The lowest BCUT2D eigenvalue weighted by molar-refractivity contribution is -0.139. The summed E-state index contributed by atoms with van der Waals surface area (Å²) in [5.41, 5.74) is 2.44. The third-order valence-electron chi connectivity index (χ3n) is 5.15. The van der Waals surface area contributed by atoms with Crippen LogP contribution < -0.4 is 5.32 Å². The number of benzene rings is 3. The Balaban J connectivity index is 1.82. The van der Waals surface area contributed by atoms with Crippen LogP contribution in [0.15, 0.2) is 84.9 Å². The molecule has 0 aliphatic heterocycles. The van der Waals surface area contributed by atoms with E-state index in [1.807, 2.05) is 60.7 Å². The van der Waals surface area contributed by atoms with Gasteiger partial charge in [-0.15, -0.1) is 11.8 Å². The molecule has 0 spiro atoms. The van der Waals surface area contributed by atoms with Gasteiger partial charge in [0.15, 0.2) is 0 Å². The van der Waals surface area contributed by atoms with E-state index in [1.165, 1.54) is 22.7 Å². The van der Waals surface area contributed by atoms with Crippen molar-refractivity contribution in [3.8, 4) is 0 Å². The number of nitrogens with zero attached hydrogens (tertiary/aromatic N) is 1. The first kappa shape index (κ1) is 23.5. The minimum absolute atomic E-state index is 0.0301. The molecule has 0 aromatic heterocycles. The summed E-state index contributed by atoms with van der Waals surface area (Å²) in [6.45, 7) is 0.0301. The van der Waals surface area contributed by atoms with Crippen LogP contribution in [0.5, 0.6) is 0 Å². The highest BCUT2D eigenvalue weighted by molar-refractivity contribution is 7.99. The van der Waals surface area contributed by atoms with Crippen LogP contribution in [0.2, 0.25) is 0 Å². The molecule has 2 amide bonds.